The molecule has 6 heteroatoms. The summed E-state index contributed by atoms with van der Waals surface area (Å²) in [5, 5.41) is 9.72. The highest BCUT2D eigenvalue weighted by Crippen LogP contribution is 2.54. The summed E-state index contributed by atoms with van der Waals surface area (Å²) in [6.45, 7) is 0.353. The van der Waals surface area contributed by atoms with Crippen LogP contribution in [-0.2, 0) is 4.57 Å². The van der Waals surface area contributed by atoms with Gasteiger partial charge in [-0.2, -0.15) is 0 Å². The molecule has 0 aromatic heterocycles. The molecular formula is C10H17ClNO3P. The number of rotatable bonds is 5. The van der Waals surface area contributed by atoms with Crippen LogP contribution in [0.1, 0.15) is 17.8 Å². The Balaban J connectivity index is 0.00000225. The van der Waals surface area contributed by atoms with Crippen molar-refractivity contribution in [1.29, 1.82) is 0 Å². The minimum absolute atomic E-state index is 0. The van der Waals surface area contributed by atoms with Crippen LogP contribution in [0, 0.1) is 0 Å². The van der Waals surface area contributed by atoms with Gasteiger partial charge in [0.15, 0.2) is 5.85 Å². The van der Waals surface area contributed by atoms with Gasteiger partial charge < -0.3 is 15.7 Å². The van der Waals surface area contributed by atoms with Gasteiger partial charge in [0.2, 0.25) is 7.37 Å². The number of benzene rings is 1. The highest BCUT2D eigenvalue weighted by atomic mass is 35.5. The fourth-order valence-electron chi connectivity index (χ4n) is 1.30. The molecule has 0 spiro atoms. The van der Waals surface area contributed by atoms with Gasteiger partial charge in [0.1, 0.15) is 0 Å². The van der Waals surface area contributed by atoms with E-state index in [0.29, 0.717) is 18.5 Å². The van der Waals surface area contributed by atoms with E-state index in [1.165, 1.54) is 0 Å². The Bertz CT molecular complexity index is 347. The summed E-state index contributed by atoms with van der Waals surface area (Å²) in [7, 11) is -3.55. The lowest BCUT2D eigenvalue weighted by molar-refractivity contribution is 0.234. The Kier molecular flexibility index (Phi) is 6.88. The van der Waals surface area contributed by atoms with Crippen LogP contribution in [0.2, 0.25) is 0 Å². The fourth-order valence-corrected chi connectivity index (χ4v) is 2.82. The molecule has 0 amide bonds. The molecule has 0 aliphatic heterocycles. The lowest BCUT2D eigenvalue weighted by Crippen LogP contribution is -2.06. The van der Waals surface area contributed by atoms with Gasteiger partial charge in [0.05, 0.1) is 0 Å². The average Bonchev–Trinajstić information content (AvgIpc) is 2.26. The van der Waals surface area contributed by atoms with E-state index in [-0.39, 0.29) is 18.6 Å². The van der Waals surface area contributed by atoms with Gasteiger partial charge in [0.25, 0.3) is 0 Å². The number of nitrogens with two attached hydrogens (primary N) is 1. The molecule has 0 saturated carbocycles. The monoisotopic (exact) mass is 265 g/mol. The van der Waals surface area contributed by atoms with Crippen LogP contribution < -0.4 is 5.73 Å². The summed E-state index contributed by atoms with van der Waals surface area (Å²) in [6, 6.07) is 8.51. The van der Waals surface area contributed by atoms with Crippen molar-refractivity contribution >= 4 is 19.8 Å². The average molecular weight is 266 g/mol. The molecular weight excluding hydrogens is 249 g/mol. The molecule has 0 saturated heterocycles. The number of hydrogen-bond donors (Lipinski definition) is 3. The normalized spacial score (nSPS) is 15.9. The maximum Gasteiger partial charge on any atom is 0.232 e. The van der Waals surface area contributed by atoms with Gasteiger partial charge in [-0.3, -0.25) is 4.57 Å². The molecule has 0 radical (unpaired) electrons. The van der Waals surface area contributed by atoms with Crippen molar-refractivity contribution in [2.24, 2.45) is 5.73 Å². The van der Waals surface area contributed by atoms with E-state index in [1.54, 1.807) is 30.3 Å². The Morgan fingerprint density at radius 3 is 2.38 bits per heavy atom. The van der Waals surface area contributed by atoms with E-state index >= 15 is 0 Å². The fraction of sp³-hybridized carbons (Fsp3) is 0.400. The summed E-state index contributed by atoms with van der Waals surface area (Å²) in [5.41, 5.74) is 5.73. The predicted molar refractivity (Wildman–Crippen MR) is 67.0 cm³/mol. The Morgan fingerprint density at radius 1 is 1.31 bits per heavy atom. The zero-order chi connectivity index (χ0) is 11.3. The maximum absolute atomic E-state index is 11.7. The van der Waals surface area contributed by atoms with Crippen LogP contribution in [0.4, 0.5) is 0 Å². The number of halogens is 1. The quantitative estimate of drug-likeness (QED) is 0.708. The molecule has 1 aromatic carbocycles. The molecule has 4 nitrogen and oxygen atoms in total. The molecule has 2 unspecified atom stereocenters. The maximum atomic E-state index is 11.7. The third-order valence-electron chi connectivity index (χ3n) is 2.16. The smallest absolute Gasteiger partial charge is 0.232 e. The minimum atomic E-state index is -3.55. The van der Waals surface area contributed by atoms with E-state index in [0.717, 1.165) is 0 Å². The molecule has 16 heavy (non-hydrogen) atoms. The van der Waals surface area contributed by atoms with Crippen LogP contribution >= 0.6 is 19.8 Å². The zero-order valence-electron chi connectivity index (χ0n) is 8.82. The second-order valence-corrected chi connectivity index (χ2v) is 5.85. The van der Waals surface area contributed by atoms with Gasteiger partial charge in [0, 0.05) is 6.16 Å². The third kappa shape index (κ3) is 4.24. The molecule has 2 atom stereocenters. The van der Waals surface area contributed by atoms with Crippen LogP contribution in [0.5, 0.6) is 0 Å². The van der Waals surface area contributed by atoms with Crippen LogP contribution in [0.25, 0.3) is 0 Å². The third-order valence-corrected chi connectivity index (χ3v) is 4.18. The number of aliphatic hydroxyl groups excluding tert-OH is 1. The van der Waals surface area contributed by atoms with Gasteiger partial charge in [-0.05, 0) is 18.5 Å². The molecule has 0 aliphatic carbocycles. The standard InChI is InChI=1S/C10H16NO3P.ClH/c11-7-4-8-15(13,14)10(12)9-5-2-1-3-6-9;/h1-3,5-6,10,12H,4,7-8,11H2,(H,13,14);1H. The number of aliphatic hydroxyl groups is 1. The predicted octanol–water partition coefficient (Wildman–Crippen LogP) is 1.72. The largest absolute Gasteiger partial charge is 0.378 e. The summed E-state index contributed by atoms with van der Waals surface area (Å²) in [5.74, 6) is -1.30. The molecule has 0 fully saturated rings. The highest BCUT2D eigenvalue weighted by Gasteiger charge is 2.29. The van der Waals surface area contributed by atoms with Gasteiger partial charge >= 0.3 is 0 Å². The summed E-state index contributed by atoms with van der Waals surface area (Å²) in [4.78, 5) is 9.62. The first kappa shape index (κ1) is 15.6. The van der Waals surface area contributed by atoms with Crippen LogP contribution in [0.3, 0.4) is 0 Å². The molecule has 4 N–H and O–H groups in total. The summed E-state index contributed by atoms with van der Waals surface area (Å²) in [6.07, 6.45) is 0.497. The topological polar surface area (TPSA) is 83.6 Å². The van der Waals surface area contributed by atoms with Crippen molar-refractivity contribution in [3.8, 4) is 0 Å². The minimum Gasteiger partial charge on any atom is -0.378 e. The van der Waals surface area contributed by atoms with E-state index in [4.69, 9.17) is 5.73 Å². The van der Waals surface area contributed by atoms with Crippen molar-refractivity contribution in [2.45, 2.75) is 12.3 Å². The second kappa shape index (κ2) is 7.05. The van der Waals surface area contributed by atoms with Crippen molar-refractivity contribution in [3.63, 3.8) is 0 Å². The van der Waals surface area contributed by atoms with Crippen molar-refractivity contribution in [1.82, 2.24) is 0 Å². The van der Waals surface area contributed by atoms with Crippen molar-refractivity contribution < 1.29 is 14.6 Å². The van der Waals surface area contributed by atoms with Gasteiger partial charge in [-0.1, -0.05) is 30.3 Å². The van der Waals surface area contributed by atoms with E-state index in [9.17, 15) is 14.6 Å². The van der Waals surface area contributed by atoms with E-state index in [1.807, 2.05) is 0 Å². The lowest BCUT2D eigenvalue weighted by atomic mass is 10.2. The Hall–Kier alpha value is -0.380. The summed E-state index contributed by atoms with van der Waals surface area (Å²) >= 11 is 0. The number of hydrogen-bond acceptors (Lipinski definition) is 3. The van der Waals surface area contributed by atoms with Crippen LogP contribution in [-0.4, -0.2) is 22.7 Å². The highest BCUT2D eigenvalue weighted by molar-refractivity contribution is 7.58. The van der Waals surface area contributed by atoms with E-state index in [2.05, 4.69) is 0 Å². The van der Waals surface area contributed by atoms with Crippen LogP contribution in [0.15, 0.2) is 30.3 Å². The zero-order valence-corrected chi connectivity index (χ0v) is 10.5. The Morgan fingerprint density at radius 2 is 1.88 bits per heavy atom. The SMILES string of the molecule is Cl.NCCCP(=O)(O)C(O)c1ccccc1. The summed E-state index contributed by atoms with van der Waals surface area (Å²) < 4.78 is 11.7. The van der Waals surface area contributed by atoms with E-state index < -0.39 is 13.2 Å². The molecule has 0 aliphatic rings. The van der Waals surface area contributed by atoms with Gasteiger partial charge in [-0.25, -0.2) is 0 Å². The molecule has 1 rings (SSSR count). The molecule has 0 bridgehead atoms. The molecule has 92 valence electrons. The first-order chi connectivity index (χ1) is 7.08. The first-order valence-electron chi connectivity index (χ1n) is 4.82. The lowest BCUT2D eigenvalue weighted by Gasteiger charge is -2.18. The first-order valence-corrected chi connectivity index (χ1v) is 6.74. The molecule has 0 heterocycles. The van der Waals surface area contributed by atoms with Crippen molar-refractivity contribution in [2.75, 3.05) is 12.7 Å². The van der Waals surface area contributed by atoms with Crippen molar-refractivity contribution in [3.05, 3.63) is 35.9 Å². The molecule has 1 aromatic rings. The van der Waals surface area contributed by atoms with Gasteiger partial charge in [-0.15, -0.1) is 12.4 Å². The Labute approximate surface area is 101 Å². The second-order valence-electron chi connectivity index (χ2n) is 3.41.